The van der Waals surface area contributed by atoms with E-state index < -0.39 is 5.97 Å². The Morgan fingerprint density at radius 1 is 1.85 bits per heavy atom. The van der Waals surface area contributed by atoms with Crippen molar-refractivity contribution in [3.63, 3.8) is 0 Å². The van der Waals surface area contributed by atoms with Gasteiger partial charge < -0.3 is 5.11 Å². The van der Waals surface area contributed by atoms with Gasteiger partial charge in [0.25, 0.3) is 0 Å². The van der Waals surface area contributed by atoms with Crippen molar-refractivity contribution in [3.8, 4) is 0 Å². The van der Waals surface area contributed by atoms with Crippen LogP contribution in [-0.2, 0) is 0 Å². The van der Waals surface area contributed by atoms with Crippen LogP contribution in [0.2, 0.25) is 0 Å². The number of hydrogen-bond donors (Lipinski definition) is 1. The Morgan fingerprint density at radius 2 is 2.46 bits per heavy atom. The summed E-state index contributed by atoms with van der Waals surface area (Å²) in [6.07, 6.45) is 2.70. The molecule has 1 aromatic rings. The van der Waals surface area contributed by atoms with Gasteiger partial charge in [-0.1, -0.05) is 6.92 Å². The van der Waals surface area contributed by atoms with Crippen LogP contribution < -0.4 is 0 Å². The maximum absolute atomic E-state index is 10.7. The summed E-state index contributed by atoms with van der Waals surface area (Å²) in [7, 11) is 0. The summed E-state index contributed by atoms with van der Waals surface area (Å²) in [5, 5.41) is 12.7. The quantitative estimate of drug-likeness (QED) is 0.869. The van der Waals surface area contributed by atoms with E-state index in [-0.39, 0.29) is 11.7 Å². The molecule has 0 bridgehead atoms. The van der Waals surface area contributed by atoms with E-state index in [2.05, 4.69) is 5.10 Å². The summed E-state index contributed by atoms with van der Waals surface area (Å²) >= 11 is 1.98. The standard InChI is InChI=1S/C8H11IN2O2/c1-3-5(2)11-4-6(9)7(10-11)8(12)13/h4-5H,3H2,1-2H3,(H,12,13)/t5-/m0/s1. The predicted molar refractivity (Wildman–Crippen MR) is 56.9 cm³/mol. The van der Waals surface area contributed by atoms with Crippen molar-refractivity contribution in [1.29, 1.82) is 0 Å². The Balaban J connectivity index is 3.01. The lowest BCUT2D eigenvalue weighted by molar-refractivity contribution is 0.0688. The van der Waals surface area contributed by atoms with Gasteiger partial charge in [-0.15, -0.1) is 0 Å². The van der Waals surface area contributed by atoms with E-state index in [0.29, 0.717) is 3.57 Å². The fourth-order valence-electron chi connectivity index (χ4n) is 0.927. The first kappa shape index (κ1) is 10.5. The first-order valence-corrected chi connectivity index (χ1v) is 5.12. The fraction of sp³-hybridized carbons (Fsp3) is 0.500. The summed E-state index contributed by atoms with van der Waals surface area (Å²) in [6, 6.07) is 0.251. The first-order chi connectivity index (χ1) is 6.06. The van der Waals surface area contributed by atoms with Gasteiger partial charge in [0.15, 0.2) is 5.69 Å². The lowest BCUT2D eigenvalue weighted by Gasteiger charge is -2.07. The van der Waals surface area contributed by atoms with Crippen molar-refractivity contribution < 1.29 is 9.90 Å². The SMILES string of the molecule is CC[C@H](C)n1cc(I)c(C(=O)O)n1. The number of rotatable bonds is 3. The Bertz CT molecular complexity index is 322. The Kier molecular flexibility index (Phi) is 3.29. The van der Waals surface area contributed by atoms with E-state index in [1.54, 1.807) is 10.9 Å². The second-order valence-corrected chi connectivity index (χ2v) is 4.03. The maximum atomic E-state index is 10.7. The zero-order valence-electron chi connectivity index (χ0n) is 7.49. The van der Waals surface area contributed by atoms with Crippen LogP contribution in [0.15, 0.2) is 6.20 Å². The third-order valence-corrected chi connectivity index (χ3v) is 2.72. The minimum atomic E-state index is -0.966. The second-order valence-electron chi connectivity index (χ2n) is 2.87. The molecule has 1 heterocycles. The van der Waals surface area contributed by atoms with Gasteiger partial charge in [-0.3, -0.25) is 4.68 Å². The van der Waals surface area contributed by atoms with E-state index in [9.17, 15) is 4.79 Å². The van der Waals surface area contributed by atoms with Gasteiger partial charge in [0, 0.05) is 12.2 Å². The van der Waals surface area contributed by atoms with Gasteiger partial charge in [-0.2, -0.15) is 5.10 Å². The molecule has 0 amide bonds. The molecule has 1 rings (SSSR count). The van der Waals surface area contributed by atoms with E-state index in [1.807, 2.05) is 36.4 Å². The second kappa shape index (κ2) is 4.08. The predicted octanol–water partition coefficient (Wildman–Crippen LogP) is 2.16. The molecule has 0 unspecified atom stereocenters. The van der Waals surface area contributed by atoms with Gasteiger partial charge in [-0.05, 0) is 35.9 Å². The summed E-state index contributed by atoms with van der Waals surface area (Å²) in [5.41, 5.74) is 0.140. The van der Waals surface area contributed by atoms with Crippen LogP contribution in [0.3, 0.4) is 0 Å². The number of carboxylic acid groups (broad SMARTS) is 1. The van der Waals surface area contributed by atoms with Crippen LogP contribution in [0, 0.1) is 3.57 Å². The van der Waals surface area contributed by atoms with Gasteiger partial charge in [0.2, 0.25) is 0 Å². The molecule has 0 aliphatic carbocycles. The van der Waals surface area contributed by atoms with E-state index in [1.165, 1.54) is 0 Å². The molecule has 72 valence electrons. The Labute approximate surface area is 90.1 Å². The molecule has 1 N–H and O–H groups in total. The number of carboxylic acids is 1. The lowest BCUT2D eigenvalue weighted by atomic mass is 10.3. The van der Waals surface area contributed by atoms with Crippen molar-refractivity contribution in [3.05, 3.63) is 15.5 Å². The van der Waals surface area contributed by atoms with Crippen LogP contribution in [-0.4, -0.2) is 20.9 Å². The molecule has 0 saturated heterocycles. The minimum Gasteiger partial charge on any atom is -0.476 e. The molecule has 1 aromatic heterocycles. The minimum absolute atomic E-state index is 0.140. The zero-order chi connectivity index (χ0) is 10.0. The number of hydrogen-bond acceptors (Lipinski definition) is 2. The highest BCUT2D eigenvalue weighted by Crippen LogP contribution is 2.15. The monoisotopic (exact) mass is 294 g/mol. The van der Waals surface area contributed by atoms with Crippen molar-refractivity contribution in [2.24, 2.45) is 0 Å². The van der Waals surface area contributed by atoms with Crippen LogP contribution >= 0.6 is 22.6 Å². The van der Waals surface area contributed by atoms with Crippen molar-refractivity contribution >= 4 is 28.6 Å². The molecular formula is C8H11IN2O2. The highest BCUT2D eigenvalue weighted by atomic mass is 127. The number of carbonyl (C=O) groups is 1. The molecule has 13 heavy (non-hydrogen) atoms. The molecule has 4 nitrogen and oxygen atoms in total. The number of aromatic carboxylic acids is 1. The smallest absolute Gasteiger partial charge is 0.357 e. The molecule has 0 aliphatic rings. The molecule has 0 spiro atoms. The lowest BCUT2D eigenvalue weighted by Crippen LogP contribution is -2.06. The summed E-state index contributed by atoms with van der Waals surface area (Å²) in [6.45, 7) is 4.05. The summed E-state index contributed by atoms with van der Waals surface area (Å²) < 4.78 is 2.39. The van der Waals surface area contributed by atoms with Crippen LogP contribution in [0.5, 0.6) is 0 Å². The molecule has 0 radical (unpaired) electrons. The van der Waals surface area contributed by atoms with Crippen LogP contribution in [0.4, 0.5) is 0 Å². The van der Waals surface area contributed by atoms with E-state index >= 15 is 0 Å². The number of aromatic nitrogens is 2. The van der Waals surface area contributed by atoms with Gasteiger partial charge in [0.05, 0.1) is 3.57 Å². The van der Waals surface area contributed by atoms with Crippen molar-refractivity contribution in [1.82, 2.24) is 9.78 Å². The van der Waals surface area contributed by atoms with Gasteiger partial charge >= 0.3 is 5.97 Å². The van der Waals surface area contributed by atoms with Crippen molar-refractivity contribution in [2.75, 3.05) is 0 Å². The highest BCUT2D eigenvalue weighted by molar-refractivity contribution is 14.1. The van der Waals surface area contributed by atoms with Crippen LogP contribution in [0.1, 0.15) is 36.8 Å². The topological polar surface area (TPSA) is 55.1 Å². The summed E-state index contributed by atoms with van der Waals surface area (Å²) in [5.74, 6) is -0.966. The molecule has 0 aromatic carbocycles. The molecule has 0 fully saturated rings. The third kappa shape index (κ3) is 2.20. The Hall–Kier alpha value is -0.590. The molecule has 0 aliphatic heterocycles. The number of halogens is 1. The largest absolute Gasteiger partial charge is 0.476 e. The number of nitrogens with zero attached hydrogens (tertiary/aromatic N) is 2. The molecular weight excluding hydrogens is 283 g/mol. The molecule has 1 atom stereocenters. The fourth-order valence-corrected chi connectivity index (χ4v) is 1.55. The Morgan fingerprint density at radius 3 is 2.85 bits per heavy atom. The molecule has 5 heteroatoms. The van der Waals surface area contributed by atoms with Crippen LogP contribution in [0.25, 0.3) is 0 Å². The van der Waals surface area contributed by atoms with Gasteiger partial charge in [0.1, 0.15) is 0 Å². The summed E-state index contributed by atoms with van der Waals surface area (Å²) in [4.78, 5) is 10.7. The van der Waals surface area contributed by atoms with E-state index in [0.717, 1.165) is 6.42 Å². The van der Waals surface area contributed by atoms with Crippen molar-refractivity contribution in [2.45, 2.75) is 26.3 Å². The third-order valence-electron chi connectivity index (χ3n) is 1.93. The maximum Gasteiger partial charge on any atom is 0.357 e. The average molecular weight is 294 g/mol. The molecule has 0 saturated carbocycles. The normalized spacial score (nSPS) is 12.8. The zero-order valence-corrected chi connectivity index (χ0v) is 9.65. The average Bonchev–Trinajstić information content (AvgIpc) is 2.46. The highest BCUT2D eigenvalue weighted by Gasteiger charge is 2.15. The van der Waals surface area contributed by atoms with E-state index in [4.69, 9.17) is 5.11 Å². The van der Waals surface area contributed by atoms with Gasteiger partial charge in [-0.25, -0.2) is 4.79 Å². The first-order valence-electron chi connectivity index (χ1n) is 4.04.